The minimum absolute atomic E-state index is 0.270. The van der Waals surface area contributed by atoms with E-state index < -0.39 is 30.4 Å². The highest BCUT2D eigenvalue weighted by molar-refractivity contribution is 6.32. The van der Waals surface area contributed by atoms with Gasteiger partial charge in [0.25, 0.3) is 5.91 Å². The molecule has 0 aliphatic heterocycles. The molecular weight excluding hydrogens is 276 g/mol. The van der Waals surface area contributed by atoms with Gasteiger partial charge in [0.15, 0.2) is 0 Å². The number of aromatic nitrogens is 1. The second-order valence-electron chi connectivity index (χ2n) is 3.69. The molecule has 1 heterocycles. The van der Waals surface area contributed by atoms with Gasteiger partial charge in [0, 0.05) is 6.04 Å². The lowest BCUT2D eigenvalue weighted by Crippen LogP contribution is -2.36. The lowest BCUT2D eigenvalue weighted by molar-refractivity contribution is -0.138. The molecule has 1 aromatic rings. The standard InChI is InChI=1S/C10H9ClF4N2O/c1-5(3-10(13,14)15)17-9(18)7-2-6(12)4-16-8(7)11/h2,4-5H,3H2,1H3,(H,17,18). The molecular formula is C10H9ClF4N2O. The van der Waals surface area contributed by atoms with Gasteiger partial charge in [0.2, 0.25) is 0 Å². The van der Waals surface area contributed by atoms with Crippen LogP contribution in [-0.2, 0) is 0 Å². The zero-order valence-corrected chi connectivity index (χ0v) is 9.94. The molecule has 1 unspecified atom stereocenters. The molecule has 3 nitrogen and oxygen atoms in total. The van der Waals surface area contributed by atoms with Gasteiger partial charge in [-0.25, -0.2) is 9.37 Å². The van der Waals surface area contributed by atoms with Crippen LogP contribution in [0, 0.1) is 5.82 Å². The maximum atomic E-state index is 12.8. The summed E-state index contributed by atoms with van der Waals surface area (Å²) in [5.74, 6) is -1.70. The van der Waals surface area contributed by atoms with Crippen molar-refractivity contribution < 1.29 is 22.4 Å². The molecule has 0 aliphatic carbocycles. The number of nitrogens with one attached hydrogen (secondary N) is 1. The molecule has 0 fully saturated rings. The van der Waals surface area contributed by atoms with E-state index in [0.29, 0.717) is 0 Å². The van der Waals surface area contributed by atoms with Crippen LogP contribution in [0.25, 0.3) is 0 Å². The minimum Gasteiger partial charge on any atom is -0.349 e. The largest absolute Gasteiger partial charge is 0.391 e. The molecule has 0 spiro atoms. The fraction of sp³-hybridized carbons (Fsp3) is 0.400. The predicted octanol–water partition coefficient (Wildman–Crippen LogP) is 2.94. The zero-order valence-electron chi connectivity index (χ0n) is 9.18. The van der Waals surface area contributed by atoms with Crippen molar-refractivity contribution in [1.29, 1.82) is 0 Å². The van der Waals surface area contributed by atoms with Gasteiger partial charge in [-0.15, -0.1) is 0 Å². The van der Waals surface area contributed by atoms with E-state index in [1.807, 2.05) is 0 Å². The molecule has 0 radical (unpaired) electrons. The SMILES string of the molecule is CC(CC(F)(F)F)NC(=O)c1cc(F)cnc1Cl. The number of carbonyl (C=O) groups excluding carboxylic acids is 1. The average Bonchev–Trinajstić information content (AvgIpc) is 2.18. The van der Waals surface area contributed by atoms with Gasteiger partial charge in [-0.3, -0.25) is 4.79 Å². The van der Waals surface area contributed by atoms with Crippen LogP contribution in [0.5, 0.6) is 0 Å². The summed E-state index contributed by atoms with van der Waals surface area (Å²) >= 11 is 5.55. The van der Waals surface area contributed by atoms with Crippen LogP contribution in [0.1, 0.15) is 23.7 Å². The molecule has 100 valence electrons. The number of nitrogens with zero attached hydrogens (tertiary/aromatic N) is 1. The Kier molecular flexibility index (Phi) is 4.50. The number of carbonyl (C=O) groups is 1. The van der Waals surface area contributed by atoms with Crippen molar-refractivity contribution in [3.05, 3.63) is 28.8 Å². The van der Waals surface area contributed by atoms with E-state index in [1.54, 1.807) is 0 Å². The Morgan fingerprint density at radius 2 is 2.17 bits per heavy atom. The van der Waals surface area contributed by atoms with E-state index in [0.717, 1.165) is 12.3 Å². The molecule has 1 N–H and O–H groups in total. The minimum atomic E-state index is -4.39. The number of hydrogen-bond donors (Lipinski definition) is 1. The lowest BCUT2D eigenvalue weighted by Gasteiger charge is -2.16. The van der Waals surface area contributed by atoms with Crippen molar-refractivity contribution in [1.82, 2.24) is 10.3 Å². The summed E-state index contributed by atoms with van der Waals surface area (Å²) in [5, 5.41) is 1.80. The van der Waals surface area contributed by atoms with Crippen LogP contribution in [0.4, 0.5) is 17.6 Å². The van der Waals surface area contributed by atoms with Gasteiger partial charge < -0.3 is 5.32 Å². The summed E-state index contributed by atoms with van der Waals surface area (Å²) in [6.45, 7) is 1.19. The Morgan fingerprint density at radius 1 is 1.56 bits per heavy atom. The van der Waals surface area contributed by atoms with Crippen molar-refractivity contribution in [2.24, 2.45) is 0 Å². The molecule has 0 saturated heterocycles. The predicted molar refractivity (Wildman–Crippen MR) is 56.8 cm³/mol. The molecule has 8 heteroatoms. The van der Waals surface area contributed by atoms with E-state index in [9.17, 15) is 22.4 Å². The third-order valence-corrected chi connectivity index (χ3v) is 2.27. The second kappa shape index (κ2) is 5.51. The molecule has 18 heavy (non-hydrogen) atoms. The Bertz CT molecular complexity index is 450. The Balaban J connectivity index is 2.74. The Morgan fingerprint density at radius 3 is 2.72 bits per heavy atom. The van der Waals surface area contributed by atoms with E-state index in [-0.39, 0.29) is 10.7 Å². The molecule has 0 saturated carbocycles. The van der Waals surface area contributed by atoms with Crippen molar-refractivity contribution in [3.63, 3.8) is 0 Å². The Labute approximate surface area is 105 Å². The van der Waals surface area contributed by atoms with Gasteiger partial charge in [-0.2, -0.15) is 13.2 Å². The van der Waals surface area contributed by atoms with E-state index in [1.165, 1.54) is 6.92 Å². The van der Waals surface area contributed by atoms with Crippen molar-refractivity contribution >= 4 is 17.5 Å². The summed E-state index contributed by atoms with van der Waals surface area (Å²) in [6, 6.07) is -0.331. The third kappa shape index (κ3) is 4.48. The summed E-state index contributed by atoms with van der Waals surface area (Å²) in [4.78, 5) is 14.9. The summed E-state index contributed by atoms with van der Waals surface area (Å²) in [7, 11) is 0. The van der Waals surface area contributed by atoms with Crippen molar-refractivity contribution in [3.8, 4) is 0 Å². The summed E-state index contributed by atoms with van der Waals surface area (Å²) in [6.07, 6.45) is -4.77. The third-order valence-electron chi connectivity index (χ3n) is 1.97. The molecule has 1 rings (SSSR count). The molecule has 0 bridgehead atoms. The van der Waals surface area contributed by atoms with Gasteiger partial charge in [0.05, 0.1) is 18.2 Å². The van der Waals surface area contributed by atoms with Crippen molar-refractivity contribution in [2.45, 2.75) is 25.6 Å². The average molecular weight is 285 g/mol. The first-order valence-electron chi connectivity index (χ1n) is 4.87. The number of hydrogen-bond acceptors (Lipinski definition) is 2. The van der Waals surface area contributed by atoms with E-state index >= 15 is 0 Å². The fourth-order valence-corrected chi connectivity index (χ4v) is 1.47. The normalized spacial score (nSPS) is 13.2. The fourth-order valence-electron chi connectivity index (χ4n) is 1.28. The van der Waals surface area contributed by atoms with E-state index in [4.69, 9.17) is 11.6 Å². The molecule has 0 aromatic carbocycles. The highest BCUT2D eigenvalue weighted by Crippen LogP contribution is 2.22. The molecule has 1 aromatic heterocycles. The van der Waals surface area contributed by atoms with Gasteiger partial charge in [0.1, 0.15) is 11.0 Å². The maximum absolute atomic E-state index is 12.8. The van der Waals surface area contributed by atoms with Crippen LogP contribution >= 0.6 is 11.6 Å². The topological polar surface area (TPSA) is 42.0 Å². The smallest absolute Gasteiger partial charge is 0.349 e. The lowest BCUT2D eigenvalue weighted by atomic mass is 10.2. The first-order chi connectivity index (χ1) is 8.19. The first kappa shape index (κ1) is 14.7. The van der Waals surface area contributed by atoms with Crippen LogP contribution in [0.15, 0.2) is 12.3 Å². The monoisotopic (exact) mass is 284 g/mol. The number of rotatable bonds is 3. The maximum Gasteiger partial charge on any atom is 0.391 e. The van der Waals surface area contributed by atoms with Gasteiger partial charge in [-0.05, 0) is 13.0 Å². The van der Waals surface area contributed by atoms with Gasteiger partial charge in [-0.1, -0.05) is 11.6 Å². The van der Waals surface area contributed by atoms with Crippen LogP contribution in [-0.4, -0.2) is 23.1 Å². The quantitative estimate of drug-likeness (QED) is 0.685. The van der Waals surface area contributed by atoms with E-state index in [2.05, 4.69) is 10.3 Å². The number of halogens is 5. The zero-order chi connectivity index (χ0) is 13.9. The highest BCUT2D eigenvalue weighted by atomic mass is 35.5. The summed E-state index contributed by atoms with van der Waals surface area (Å²) < 4.78 is 49.0. The number of pyridine rings is 1. The van der Waals surface area contributed by atoms with Crippen LogP contribution in [0.2, 0.25) is 5.15 Å². The molecule has 1 amide bonds. The highest BCUT2D eigenvalue weighted by Gasteiger charge is 2.31. The van der Waals surface area contributed by atoms with Crippen LogP contribution < -0.4 is 5.32 Å². The number of alkyl halides is 3. The molecule has 1 atom stereocenters. The van der Waals surface area contributed by atoms with Gasteiger partial charge >= 0.3 is 6.18 Å². The molecule has 0 aliphatic rings. The summed E-state index contributed by atoms with van der Waals surface area (Å²) in [5.41, 5.74) is -0.300. The first-order valence-corrected chi connectivity index (χ1v) is 5.25. The van der Waals surface area contributed by atoms with Crippen molar-refractivity contribution in [2.75, 3.05) is 0 Å². The second-order valence-corrected chi connectivity index (χ2v) is 4.04. The Hall–Kier alpha value is -1.37. The number of amides is 1. The van der Waals surface area contributed by atoms with Crippen LogP contribution in [0.3, 0.4) is 0 Å².